The molecular weight excluding hydrogens is 271 g/mol. The summed E-state index contributed by atoms with van der Waals surface area (Å²) < 4.78 is 13.9. The SMILES string of the molecule is O=C1C2Cc3ccccc3N2C(=O)N1c1ccccc1F. The highest BCUT2D eigenvalue weighted by Gasteiger charge is 2.51. The summed E-state index contributed by atoms with van der Waals surface area (Å²) in [5, 5.41) is 0. The predicted molar refractivity (Wildman–Crippen MR) is 75.7 cm³/mol. The summed E-state index contributed by atoms with van der Waals surface area (Å²) in [7, 11) is 0. The van der Waals surface area contributed by atoms with Crippen LogP contribution in [-0.2, 0) is 11.2 Å². The van der Waals surface area contributed by atoms with Gasteiger partial charge in [0.1, 0.15) is 11.9 Å². The molecule has 104 valence electrons. The van der Waals surface area contributed by atoms with Crippen LogP contribution in [0.2, 0.25) is 0 Å². The molecule has 3 amide bonds. The van der Waals surface area contributed by atoms with Gasteiger partial charge in [0.2, 0.25) is 0 Å². The Bertz CT molecular complexity index is 774. The third-order valence-electron chi connectivity index (χ3n) is 3.97. The first-order valence-corrected chi connectivity index (χ1v) is 6.68. The van der Waals surface area contributed by atoms with E-state index in [0.29, 0.717) is 6.42 Å². The lowest BCUT2D eigenvalue weighted by Crippen LogP contribution is -2.33. The molecule has 21 heavy (non-hydrogen) atoms. The minimum atomic E-state index is -0.575. The molecular formula is C16H11FN2O2. The number of carbonyl (C=O) groups is 2. The van der Waals surface area contributed by atoms with E-state index >= 15 is 0 Å². The predicted octanol–water partition coefficient (Wildman–Crippen LogP) is 2.72. The third kappa shape index (κ3) is 1.54. The van der Waals surface area contributed by atoms with Crippen molar-refractivity contribution >= 4 is 23.3 Å². The van der Waals surface area contributed by atoms with Gasteiger partial charge in [0, 0.05) is 12.1 Å². The van der Waals surface area contributed by atoms with Crippen LogP contribution in [0.15, 0.2) is 48.5 Å². The molecule has 2 aromatic rings. The number of amides is 3. The van der Waals surface area contributed by atoms with Crippen LogP contribution in [0.25, 0.3) is 0 Å². The molecule has 1 saturated heterocycles. The molecule has 0 aromatic heterocycles. The molecule has 5 heteroatoms. The number of hydrogen-bond donors (Lipinski definition) is 0. The lowest BCUT2D eigenvalue weighted by atomic mass is 10.1. The van der Waals surface area contributed by atoms with E-state index in [9.17, 15) is 14.0 Å². The Morgan fingerprint density at radius 1 is 0.952 bits per heavy atom. The number of nitrogens with zero attached hydrogens (tertiary/aromatic N) is 2. The highest BCUT2D eigenvalue weighted by atomic mass is 19.1. The Labute approximate surface area is 120 Å². The second-order valence-corrected chi connectivity index (χ2v) is 5.13. The van der Waals surface area contributed by atoms with Crippen LogP contribution in [0, 0.1) is 5.82 Å². The maximum atomic E-state index is 13.9. The van der Waals surface area contributed by atoms with Crippen molar-refractivity contribution in [3.63, 3.8) is 0 Å². The minimum absolute atomic E-state index is 0.0133. The average molecular weight is 282 g/mol. The van der Waals surface area contributed by atoms with Crippen LogP contribution >= 0.6 is 0 Å². The molecule has 0 bridgehead atoms. The molecule has 4 rings (SSSR count). The number of benzene rings is 2. The standard InChI is InChI=1S/C16H11FN2O2/c17-11-6-2-4-8-13(11)19-15(20)14-9-10-5-1-3-7-12(10)18(14)16(19)21/h1-8,14H,9H2. The van der Waals surface area contributed by atoms with Crippen molar-refractivity contribution in [3.05, 3.63) is 59.9 Å². The molecule has 2 aliphatic rings. The van der Waals surface area contributed by atoms with E-state index in [4.69, 9.17) is 0 Å². The van der Waals surface area contributed by atoms with Crippen LogP contribution in [0.4, 0.5) is 20.6 Å². The highest BCUT2D eigenvalue weighted by molar-refractivity contribution is 6.29. The monoisotopic (exact) mass is 282 g/mol. The minimum Gasteiger partial charge on any atom is -0.281 e. The van der Waals surface area contributed by atoms with Gasteiger partial charge in [0.15, 0.2) is 0 Å². The number of hydrogen-bond acceptors (Lipinski definition) is 2. The lowest BCUT2D eigenvalue weighted by Gasteiger charge is -2.17. The number of para-hydroxylation sites is 2. The summed E-state index contributed by atoms with van der Waals surface area (Å²) >= 11 is 0. The first-order valence-electron chi connectivity index (χ1n) is 6.68. The fraction of sp³-hybridized carbons (Fsp3) is 0.125. The summed E-state index contributed by atoms with van der Waals surface area (Å²) in [4.78, 5) is 27.5. The van der Waals surface area contributed by atoms with Gasteiger partial charge in [0.25, 0.3) is 5.91 Å². The van der Waals surface area contributed by atoms with E-state index in [1.54, 1.807) is 6.07 Å². The molecule has 1 atom stereocenters. The highest BCUT2D eigenvalue weighted by Crippen LogP contribution is 2.39. The van der Waals surface area contributed by atoms with Crippen molar-refractivity contribution in [2.24, 2.45) is 0 Å². The van der Waals surface area contributed by atoms with Crippen molar-refractivity contribution in [1.82, 2.24) is 0 Å². The first-order chi connectivity index (χ1) is 10.2. The van der Waals surface area contributed by atoms with E-state index < -0.39 is 17.9 Å². The maximum absolute atomic E-state index is 13.9. The number of rotatable bonds is 1. The van der Waals surface area contributed by atoms with E-state index in [1.165, 1.54) is 23.1 Å². The number of halogens is 1. The summed E-state index contributed by atoms with van der Waals surface area (Å²) in [5.74, 6) is -0.949. The van der Waals surface area contributed by atoms with Gasteiger partial charge in [-0.1, -0.05) is 30.3 Å². The number of fused-ring (bicyclic) bond motifs is 3. The molecule has 4 nitrogen and oxygen atoms in total. The van der Waals surface area contributed by atoms with Gasteiger partial charge in [-0.2, -0.15) is 0 Å². The summed E-state index contributed by atoms with van der Waals surface area (Å²) in [6, 6.07) is 12.2. The van der Waals surface area contributed by atoms with Crippen LogP contribution in [-0.4, -0.2) is 18.0 Å². The van der Waals surface area contributed by atoms with Crippen LogP contribution in [0.1, 0.15) is 5.56 Å². The molecule has 0 radical (unpaired) electrons. The zero-order valence-electron chi connectivity index (χ0n) is 11.0. The zero-order chi connectivity index (χ0) is 14.6. The van der Waals surface area contributed by atoms with Crippen molar-refractivity contribution in [2.75, 3.05) is 9.80 Å². The van der Waals surface area contributed by atoms with Gasteiger partial charge >= 0.3 is 6.03 Å². The quantitative estimate of drug-likeness (QED) is 0.755. The lowest BCUT2D eigenvalue weighted by molar-refractivity contribution is -0.117. The second kappa shape index (κ2) is 4.15. The Morgan fingerprint density at radius 3 is 2.38 bits per heavy atom. The van der Waals surface area contributed by atoms with Crippen LogP contribution in [0.5, 0.6) is 0 Å². The van der Waals surface area contributed by atoms with E-state index in [2.05, 4.69) is 0 Å². The van der Waals surface area contributed by atoms with Gasteiger partial charge in [-0.25, -0.2) is 14.1 Å². The topological polar surface area (TPSA) is 40.6 Å². The largest absolute Gasteiger partial charge is 0.336 e. The number of anilines is 2. The molecule has 2 heterocycles. The second-order valence-electron chi connectivity index (χ2n) is 5.13. The fourth-order valence-electron chi connectivity index (χ4n) is 3.03. The smallest absolute Gasteiger partial charge is 0.281 e. The van der Waals surface area contributed by atoms with Crippen molar-refractivity contribution in [2.45, 2.75) is 12.5 Å². The van der Waals surface area contributed by atoms with Crippen molar-refractivity contribution in [3.8, 4) is 0 Å². The molecule has 2 aliphatic heterocycles. The normalized spacial score (nSPS) is 20.0. The fourth-order valence-corrected chi connectivity index (χ4v) is 3.03. The molecule has 2 aromatic carbocycles. The van der Waals surface area contributed by atoms with Crippen molar-refractivity contribution < 1.29 is 14.0 Å². The third-order valence-corrected chi connectivity index (χ3v) is 3.97. The van der Waals surface area contributed by atoms with E-state index in [-0.39, 0.29) is 11.6 Å². The first kappa shape index (κ1) is 12.1. The van der Waals surface area contributed by atoms with E-state index in [1.807, 2.05) is 24.3 Å². The Balaban J connectivity index is 1.81. The summed E-state index contributed by atoms with van der Waals surface area (Å²) in [6.07, 6.45) is 0.478. The zero-order valence-corrected chi connectivity index (χ0v) is 11.0. The molecule has 0 aliphatic carbocycles. The van der Waals surface area contributed by atoms with Gasteiger partial charge in [-0.3, -0.25) is 9.69 Å². The Morgan fingerprint density at radius 2 is 1.62 bits per heavy atom. The Hall–Kier alpha value is -2.69. The molecule has 1 fully saturated rings. The Kier molecular flexibility index (Phi) is 2.39. The van der Waals surface area contributed by atoms with Crippen LogP contribution in [0.3, 0.4) is 0 Å². The van der Waals surface area contributed by atoms with Gasteiger partial charge < -0.3 is 0 Å². The van der Waals surface area contributed by atoms with Gasteiger partial charge in [-0.05, 0) is 23.8 Å². The summed E-state index contributed by atoms with van der Waals surface area (Å²) in [5.41, 5.74) is 1.72. The average Bonchev–Trinajstić information content (AvgIpc) is 2.98. The number of urea groups is 1. The van der Waals surface area contributed by atoms with Gasteiger partial charge in [-0.15, -0.1) is 0 Å². The van der Waals surface area contributed by atoms with Gasteiger partial charge in [0.05, 0.1) is 5.69 Å². The van der Waals surface area contributed by atoms with Crippen molar-refractivity contribution in [1.29, 1.82) is 0 Å². The number of imide groups is 1. The molecule has 0 spiro atoms. The maximum Gasteiger partial charge on any atom is 0.336 e. The van der Waals surface area contributed by atoms with E-state index in [0.717, 1.165) is 16.2 Å². The molecule has 1 unspecified atom stereocenters. The summed E-state index contributed by atoms with van der Waals surface area (Å²) in [6.45, 7) is 0. The number of carbonyl (C=O) groups excluding carboxylic acids is 2. The molecule has 0 saturated carbocycles. The van der Waals surface area contributed by atoms with Crippen LogP contribution < -0.4 is 9.80 Å². The molecule has 0 N–H and O–H groups in total.